The molecule has 0 spiro atoms. The molecule has 1 rings (SSSR count). The van der Waals surface area contributed by atoms with Gasteiger partial charge in [-0.3, -0.25) is 9.48 Å². The Labute approximate surface area is 95.0 Å². The Kier molecular flexibility index (Phi) is 4.25. The normalized spacial score (nSPS) is 10.2. The molecule has 0 radical (unpaired) electrons. The van der Waals surface area contributed by atoms with E-state index >= 15 is 0 Å². The van der Waals surface area contributed by atoms with Crippen LogP contribution in [0.25, 0.3) is 0 Å². The van der Waals surface area contributed by atoms with Crippen molar-refractivity contribution in [1.82, 2.24) is 14.7 Å². The Bertz CT molecular complexity index is 385. The third kappa shape index (κ3) is 2.49. The Morgan fingerprint density at radius 2 is 2.44 bits per heavy atom. The third-order valence-corrected chi connectivity index (χ3v) is 2.47. The van der Waals surface area contributed by atoms with Crippen molar-refractivity contribution in [2.75, 3.05) is 19.7 Å². The number of aliphatic hydroxyl groups excluding tert-OH is 1. The van der Waals surface area contributed by atoms with Crippen LogP contribution in [0.4, 0.5) is 0 Å². The smallest absolute Gasteiger partial charge is 0.257 e. The zero-order valence-corrected chi connectivity index (χ0v) is 9.68. The molecule has 0 saturated carbocycles. The number of aryl methyl sites for hydroxylation is 1. The van der Waals surface area contributed by atoms with Crippen LogP contribution in [-0.2, 0) is 7.05 Å². The minimum Gasteiger partial charge on any atom is -0.395 e. The molecule has 16 heavy (non-hydrogen) atoms. The number of carbonyl (C=O) groups is 1. The molecule has 88 valence electrons. The molecule has 0 saturated heterocycles. The molecule has 0 aliphatic heterocycles. The number of hydrogen-bond acceptors (Lipinski definition) is 3. The first-order chi connectivity index (χ1) is 7.61. The topological polar surface area (TPSA) is 58.4 Å². The second-order valence-electron chi connectivity index (χ2n) is 3.53. The summed E-state index contributed by atoms with van der Waals surface area (Å²) in [6, 6.07) is 0. The number of aliphatic hydroxyl groups is 1. The summed E-state index contributed by atoms with van der Waals surface area (Å²) in [5, 5.41) is 12.9. The van der Waals surface area contributed by atoms with Crippen LogP contribution in [0.15, 0.2) is 18.9 Å². The highest BCUT2D eigenvalue weighted by atomic mass is 16.3. The molecule has 0 atom stereocenters. The van der Waals surface area contributed by atoms with E-state index < -0.39 is 0 Å². The van der Waals surface area contributed by atoms with E-state index in [0.29, 0.717) is 18.7 Å². The molecule has 0 aromatic carbocycles. The highest BCUT2D eigenvalue weighted by Crippen LogP contribution is 2.09. The zero-order chi connectivity index (χ0) is 12.1. The van der Waals surface area contributed by atoms with Gasteiger partial charge in [0.25, 0.3) is 5.91 Å². The second kappa shape index (κ2) is 5.46. The van der Waals surface area contributed by atoms with E-state index in [1.54, 1.807) is 24.0 Å². The first kappa shape index (κ1) is 12.4. The average molecular weight is 223 g/mol. The van der Waals surface area contributed by atoms with Crippen LogP contribution in [-0.4, -0.2) is 45.4 Å². The molecular weight excluding hydrogens is 206 g/mol. The van der Waals surface area contributed by atoms with E-state index in [0.717, 1.165) is 5.69 Å². The molecule has 1 aromatic rings. The van der Waals surface area contributed by atoms with Gasteiger partial charge in [0.2, 0.25) is 0 Å². The van der Waals surface area contributed by atoms with Crippen LogP contribution >= 0.6 is 0 Å². The maximum absolute atomic E-state index is 12.1. The summed E-state index contributed by atoms with van der Waals surface area (Å²) in [5.41, 5.74) is 1.38. The van der Waals surface area contributed by atoms with E-state index in [1.807, 2.05) is 6.92 Å². The fourth-order valence-electron chi connectivity index (χ4n) is 1.43. The summed E-state index contributed by atoms with van der Waals surface area (Å²) in [7, 11) is 1.79. The predicted octanol–water partition coefficient (Wildman–Crippen LogP) is 0.349. The second-order valence-corrected chi connectivity index (χ2v) is 3.53. The SMILES string of the molecule is C=CCN(CCO)C(=O)c1cnn(C)c1C. The van der Waals surface area contributed by atoms with Gasteiger partial charge < -0.3 is 10.0 Å². The molecule has 0 unspecified atom stereocenters. The number of carbonyl (C=O) groups excluding carboxylic acids is 1. The van der Waals surface area contributed by atoms with Gasteiger partial charge in [-0.1, -0.05) is 6.08 Å². The predicted molar refractivity (Wildman–Crippen MR) is 61.1 cm³/mol. The van der Waals surface area contributed by atoms with E-state index in [1.165, 1.54) is 4.90 Å². The number of aromatic nitrogens is 2. The van der Waals surface area contributed by atoms with Crippen molar-refractivity contribution in [3.63, 3.8) is 0 Å². The average Bonchev–Trinajstić information content (AvgIpc) is 2.59. The molecule has 0 fully saturated rings. The van der Waals surface area contributed by atoms with Gasteiger partial charge in [0.1, 0.15) is 0 Å². The molecule has 0 aliphatic rings. The van der Waals surface area contributed by atoms with Crippen LogP contribution in [0.3, 0.4) is 0 Å². The van der Waals surface area contributed by atoms with E-state index in [2.05, 4.69) is 11.7 Å². The Hall–Kier alpha value is -1.62. The van der Waals surface area contributed by atoms with Crippen molar-refractivity contribution in [2.45, 2.75) is 6.92 Å². The van der Waals surface area contributed by atoms with E-state index in [4.69, 9.17) is 5.11 Å². The molecular formula is C11H17N3O2. The Morgan fingerprint density at radius 1 is 1.75 bits per heavy atom. The molecule has 0 bridgehead atoms. The van der Waals surface area contributed by atoms with Gasteiger partial charge in [-0.25, -0.2) is 0 Å². The van der Waals surface area contributed by atoms with Gasteiger partial charge in [-0.2, -0.15) is 5.10 Å². The number of hydrogen-bond donors (Lipinski definition) is 1. The number of nitrogens with zero attached hydrogens (tertiary/aromatic N) is 3. The Morgan fingerprint density at radius 3 is 2.88 bits per heavy atom. The van der Waals surface area contributed by atoms with Crippen molar-refractivity contribution in [2.24, 2.45) is 7.05 Å². The van der Waals surface area contributed by atoms with Crippen LogP contribution in [0.2, 0.25) is 0 Å². The van der Waals surface area contributed by atoms with Crippen molar-refractivity contribution in [3.05, 3.63) is 30.1 Å². The summed E-state index contributed by atoms with van der Waals surface area (Å²) < 4.78 is 1.65. The minimum absolute atomic E-state index is 0.0567. The van der Waals surface area contributed by atoms with Gasteiger partial charge in [-0.05, 0) is 6.92 Å². The summed E-state index contributed by atoms with van der Waals surface area (Å²) in [5.74, 6) is -0.125. The third-order valence-electron chi connectivity index (χ3n) is 2.47. The summed E-state index contributed by atoms with van der Waals surface area (Å²) >= 11 is 0. The van der Waals surface area contributed by atoms with Gasteiger partial charge in [-0.15, -0.1) is 6.58 Å². The van der Waals surface area contributed by atoms with Gasteiger partial charge in [0.05, 0.1) is 18.4 Å². The standard InChI is InChI=1S/C11H17N3O2/c1-4-5-14(6-7-15)11(16)10-8-12-13(3)9(10)2/h4,8,15H,1,5-7H2,2-3H3. The minimum atomic E-state index is -0.125. The lowest BCUT2D eigenvalue weighted by atomic mass is 10.2. The maximum Gasteiger partial charge on any atom is 0.257 e. The highest BCUT2D eigenvalue weighted by Gasteiger charge is 2.18. The quantitative estimate of drug-likeness (QED) is 0.733. The maximum atomic E-state index is 12.1. The molecule has 5 heteroatoms. The largest absolute Gasteiger partial charge is 0.395 e. The molecule has 1 heterocycles. The fraction of sp³-hybridized carbons (Fsp3) is 0.455. The summed E-state index contributed by atoms with van der Waals surface area (Å²) in [4.78, 5) is 13.6. The summed E-state index contributed by atoms with van der Waals surface area (Å²) in [6.07, 6.45) is 3.18. The lowest BCUT2D eigenvalue weighted by Crippen LogP contribution is -2.33. The van der Waals surface area contributed by atoms with Crippen molar-refractivity contribution in [1.29, 1.82) is 0 Å². The first-order valence-corrected chi connectivity index (χ1v) is 5.11. The van der Waals surface area contributed by atoms with Gasteiger partial charge in [0.15, 0.2) is 0 Å². The van der Waals surface area contributed by atoms with E-state index in [-0.39, 0.29) is 12.5 Å². The van der Waals surface area contributed by atoms with Crippen molar-refractivity contribution in [3.8, 4) is 0 Å². The van der Waals surface area contributed by atoms with E-state index in [9.17, 15) is 4.79 Å². The van der Waals surface area contributed by atoms with Crippen LogP contribution in [0.1, 0.15) is 16.1 Å². The molecule has 1 amide bonds. The van der Waals surface area contributed by atoms with Crippen molar-refractivity contribution >= 4 is 5.91 Å². The number of rotatable bonds is 5. The molecule has 0 aliphatic carbocycles. The zero-order valence-electron chi connectivity index (χ0n) is 9.68. The lowest BCUT2D eigenvalue weighted by Gasteiger charge is -2.19. The molecule has 1 aromatic heterocycles. The monoisotopic (exact) mass is 223 g/mol. The highest BCUT2D eigenvalue weighted by molar-refractivity contribution is 5.95. The van der Waals surface area contributed by atoms with Gasteiger partial charge >= 0.3 is 0 Å². The Balaban J connectivity index is 2.89. The van der Waals surface area contributed by atoms with Gasteiger partial charge in [0, 0.05) is 25.8 Å². The fourth-order valence-corrected chi connectivity index (χ4v) is 1.43. The number of amides is 1. The van der Waals surface area contributed by atoms with Crippen LogP contribution in [0.5, 0.6) is 0 Å². The first-order valence-electron chi connectivity index (χ1n) is 5.11. The van der Waals surface area contributed by atoms with Crippen LogP contribution in [0, 0.1) is 6.92 Å². The summed E-state index contributed by atoms with van der Waals surface area (Å²) in [6.45, 7) is 6.10. The van der Waals surface area contributed by atoms with Crippen LogP contribution < -0.4 is 0 Å². The molecule has 1 N–H and O–H groups in total. The molecule has 5 nitrogen and oxygen atoms in total. The lowest BCUT2D eigenvalue weighted by molar-refractivity contribution is 0.0742. The van der Waals surface area contributed by atoms with Crippen molar-refractivity contribution < 1.29 is 9.90 Å².